The van der Waals surface area contributed by atoms with E-state index in [-0.39, 0.29) is 0 Å². The van der Waals surface area contributed by atoms with Crippen LogP contribution in [0.25, 0.3) is 16.4 Å². The van der Waals surface area contributed by atoms with E-state index in [1.54, 1.807) is 16.8 Å². The van der Waals surface area contributed by atoms with E-state index >= 15 is 0 Å². The Hall–Kier alpha value is -1.32. The Morgan fingerprint density at radius 2 is 2.00 bits per heavy atom. The van der Waals surface area contributed by atoms with E-state index in [4.69, 9.17) is 23.2 Å². The zero-order chi connectivity index (χ0) is 10.4. The normalized spacial score (nSPS) is 11.3. The van der Waals surface area contributed by atoms with Crippen LogP contribution in [0.15, 0.2) is 30.5 Å². The fourth-order valence-corrected chi connectivity index (χ4v) is 2.01. The summed E-state index contributed by atoms with van der Waals surface area (Å²) in [7, 11) is 0. The first-order valence-corrected chi connectivity index (χ1v) is 5.10. The Balaban J connectivity index is 2.61. The maximum atomic E-state index is 5.97. The predicted octanol–water partition coefficient (Wildman–Crippen LogP) is 3.19. The minimum Gasteiger partial charge on any atom is -0.218 e. The van der Waals surface area contributed by atoms with E-state index in [2.05, 4.69) is 10.1 Å². The Morgan fingerprint density at radius 1 is 1.13 bits per heavy atom. The van der Waals surface area contributed by atoms with Crippen molar-refractivity contribution in [2.45, 2.75) is 0 Å². The zero-order valence-corrected chi connectivity index (χ0v) is 9.00. The standard InChI is InChI=1S/C10H5Cl2N3/c11-6-1-2-8-7(5-6)9-3-4-13-15(9)10(12)14-8/h1-5H. The van der Waals surface area contributed by atoms with Gasteiger partial charge in [0.15, 0.2) is 0 Å². The molecule has 0 aliphatic rings. The second kappa shape index (κ2) is 3.08. The van der Waals surface area contributed by atoms with Gasteiger partial charge < -0.3 is 0 Å². The van der Waals surface area contributed by atoms with Crippen molar-refractivity contribution in [2.24, 2.45) is 0 Å². The molecule has 2 heterocycles. The molecule has 15 heavy (non-hydrogen) atoms. The minimum absolute atomic E-state index is 0.352. The lowest BCUT2D eigenvalue weighted by atomic mass is 10.2. The third kappa shape index (κ3) is 1.28. The quantitative estimate of drug-likeness (QED) is 0.563. The molecule has 0 atom stereocenters. The van der Waals surface area contributed by atoms with Crippen molar-refractivity contribution in [2.75, 3.05) is 0 Å². The molecule has 0 fully saturated rings. The Bertz CT molecular complexity index is 660. The highest BCUT2D eigenvalue weighted by atomic mass is 35.5. The number of nitrogens with zero attached hydrogens (tertiary/aromatic N) is 3. The molecule has 3 nitrogen and oxygen atoms in total. The Kier molecular flexibility index (Phi) is 1.84. The largest absolute Gasteiger partial charge is 0.224 e. The van der Waals surface area contributed by atoms with Gasteiger partial charge in [0, 0.05) is 10.4 Å². The van der Waals surface area contributed by atoms with Crippen LogP contribution in [-0.4, -0.2) is 14.6 Å². The highest BCUT2D eigenvalue weighted by Gasteiger charge is 2.06. The zero-order valence-electron chi connectivity index (χ0n) is 7.48. The topological polar surface area (TPSA) is 30.2 Å². The van der Waals surface area contributed by atoms with Crippen LogP contribution >= 0.6 is 23.2 Å². The molecule has 0 saturated carbocycles. The van der Waals surface area contributed by atoms with Crippen LogP contribution in [0, 0.1) is 0 Å². The average molecular weight is 238 g/mol. The molecular formula is C10H5Cl2N3. The van der Waals surface area contributed by atoms with E-state index < -0.39 is 0 Å². The Labute approximate surface area is 95.2 Å². The fourth-order valence-electron chi connectivity index (χ4n) is 1.61. The molecule has 5 heteroatoms. The summed E-state index contributed by atoms with van der Waals surface area (Å²) in [5.74, 6) is 0. The van der Waals surface area contributed by atoms with Crippen LogP contribution in [0.5, 0.6) is 0 Å². The summed E-state index contributed by atoms with van der Waals surface area (Å²) in [6, 6.07) is 7.38. The first kappa shape index (κ1) is 8.95. The van der Waals surface area contributed by atoms with Gasteiger partial charge in [0.2, 0.25) is 5.28 Å². The van der Waals surface area contributed by atoms with Crippen molar-refractivity contribution in [3.8, 4) is 0 Å². The van der Waals surface area contributed by atoms with Gasteiger partial charge in [-0.1, -0.05) is 11.6 Å². The van der Waals surface area contributed by atoms with Crippen LogP contribution in [0.2, 0.25) is 10.3 Å². The van der Waals surface area contributed by atoms with Crippen LogP contribution in [0.4, 0.5) is 0 Å². The summed E-state index contributed by atoms with van der Waals surface area (Å²) in [6.07, 6.45) is 1.68. The fraction of sp³-hybridized carbons (Fsp3) is 0. The highest BCUT2D eigenvalue weighted by molar-refractivity contribution is 6.32. The Morgan fingerprint density at radius 3 is 2.87 bits per heavy atom. The average Bonchev–Trinajstić information content (AvgIpc) is 2.69. The van der Waals surface area contributed by atoms with E-state index in [1.807, 2.05) is 18.2 Å². The van der Waals surface area contributed by atoms with Gasteiger partial charge in [-0.25, -0.2) is 9.50 Å². The van der Waals surface area contributed by atoms with E-state index in [0.717, 1.165) is 16.4 Å². The van der Waals surface area contributed by atoms with Crippen molar-refractivity contribution >= 4 is 39.6 Å². The van der Waals surface area contributed by atoms with Gasteiger partial charge in [-0.05, 0) is 35.9 Å². The summed E-state index contributed by atoms with van der Waals surface area (Å²) >= 11 is 11.9. The second-order valence-electron chi connectivity index (χ2n) is 3.17. The molecule has 3 rings (SSSR count). The molecule has 0 aliphatic heterocycles. The summed E-state index contributed by atoms with van der Waals surface area (Å²) in [5, 5.41) is 6.05. The van der Waals surface area contributed by atoms with Crippen molar-refractivity contribution in [1.82, 2.24) is 14.6 Å². The van der Waals surface area contributed by atoms with Gasteiger partial charge in [-0.3, -0.25) is 0 Å². The molecule has 0 N–H and O–H groups in total. The number of hydrogen-bond donors (Lipinski definition) is 0. The summed E-state index contributed by atoms with van der Waals surface area (Å²) < 4.78 is 1.58. The van der Waals surface area contributed by atoms with Crippen LogP contribution < -0.4 is 0 Å². The summed E-state index contributed by atoms with van der Waals surface area (Å²) in [4.78, 5) is 4.22. The molecule has 0 radical (unpaired) electrons. The number of fused-ring (bicyclic) bond motifs is 3. The van der Waals surface area contributed by atoms with Gasteiger partial charge in [-0.15, -0.1) is 0 Å². The lowest BCUT2D eigenvalue weighted by Gasteiger charge is -2.02. The number of aromatic nitrogens is 3. The molecule has 2 aromatic heterocycles. The van der Waals surface area contributed by atoms with Crippen LogP contribution in [-0.2, 0) is 0 Å². The molecule has 0 aliphatic carbocycles. The van der Waals surface area contributed by atoms with Gasteiger partial charge in [0.05, 0.1) is 17.2 Å². The van der Waals surface area contributed by atoms with Crippen molar-refractivity contribution < 1.29 is 0 Å². The molecular weight excluding hydrogens is 233 g/mol. The van der Waals surface area contributed by atoms with E-state index in [1.165, 1.54) is 0 Å². The minimum atomic E-state index is 0.352. The number of benzene rings is 1. The van der Waals surface area contributed by atoms with Crippen LogP contribution in [0.1, 0.15) is 0 Å². The maximum Gasteiger partial charge on any atom is 0.224 e. The first-order valence-electron chi connectivity index (χ1n) is 4.34. The van der Waals surface area contributed by atoms with E-state index in [9.17, 15) is 0 Å². The third-order valence-electron chi connectivity index (χ3n) is 2.26. The molecule has 0 bridgehead atoms. The van der Waals surface area contributed by atoms with Gasteiger partial charge in [0.25, 0.3) is 0 Å². The summed E-state index contributed by atoms with van der Waals surface area (Å²) in [5.41, 5.74) is 1.73. The number of hydrogen-bond acceptors (Lipinski definition) is 2. The van der Waals surface area contributed by atoms with Gasteiger partial charge in [0.1, 0.15) is 0 Å². The SMILES string of the molecule is Clc1ccc2nc(Cl)n3nccc3c2c1. The van der Waals surface area contributed by atoms with Gasteiger partial charge in [-0.2, -0.15) is 5.10 Å². The summed E-state index contributed by atoms with van der Waals surface area (Å²) in [6.45, 7) is 0. The lowest BCUT2D eigenvalue weighted by Crippen LogP contribution is -1.93. The molecule has 74 valence electrons. The number of rotatable bonds is 0. The first-order chi connectivity index (χ1) is 7.25. The smallest absolute Gasteiger partial charge is 0.218 e. The van der Waals surface area contributed by atoms with Crippen molar-refractivity contribution in [3.05, 3.63) is 40.8 Å². The molecule has 0 amide bonds. The number of halogens is 2. The molecule has 1 aromatic carbocycles. The van der Waals surface area contributed by atoms with E-state index in [0.29, 0.717) is 10.3 Å². The molecule has 3 aromatic rings. The lowest BCUT2D eigenvalue weighted by molar-refractivity contribution is 0.935. The van der Waals surface area contributed by atoms with Crippen molar-refractivity contribution in [1.29, 1.82) is 0 Å². The monoisotopic (exact) mass is 237 g/mol. The molecule has 0 saturated heterocycles. The highest BCUT2D eigenvalue weighted by Crippen LogP contribution is 2.24. The van der Waals surface area contributed by atoms with Crippen LogP contribution in [0.3, 0.4) is 0 Å². The maximum absolute atomic E-state index is 5.97. The predicted molar refractivity (Wildman–Crippen MR) is 60.5 cm³/mol. The van der Waals surface area contributed by atoms with Gasteiger partial charge >= 0.3 is 0 Å². The second-order valence-corrected chi connectivity index (χ2v) is 3.95. The molecule has 0 spiro atoms. The van der Waals surface area contributed by atoms with Crippen molar-refractivity contribution in [3.63, 3.8) is 0 Å². The molecule has 0 unspecified atom stereocenters. The third-order valence-corrected chi connectivity index (χ3v) is 2.74.